The number of benzene rings is 1. The van der Waals surface area contributed by atoms with Gasteiger partial charge in [-0.1, -0.05) is 6.07 Å². The van der Waals surface area contributed by atoms with E-state index in [0.717, 1.165) is 12.1 Å². The average molecular weight is 252 g/mol. The summed E-state index contributed by atoms with van der Waals surface area (Å²) in [5.41, 5.74) is 0.575. The molecule has 18 heavy (non-hydrogen) atoms. The second-order valence-corrected chi connectivity index (χ2v) is 4.29. The van der Waals surface area contributed by atoms with E-state index in [0.29, 0.717) is 11.3 Å². The third-order valence-electron chi connectivity index (χ3n) is 2.50. The van der Waals surface area contributed by atoms with E-state index in [2.05, 4.69) is 5.10 Å². The summed E-state index contributed by atoms with van der Waals surface area (Å²) >= 11 is 0. The predicted molar refractivity (Wildman–Crippen MR) is 63.3 cm³/mol. The Labute approximate surface area is 104 Å². The van der Waals surface area contributed by atoms with Crippen molar-refractivity contribution in [3.8, 4) is 5.75 Å². The first kappa shape index (κ1) is 12.5. The smallest absolute Gasteiger partial charge is 0.159 e. The topological polar surface area (TPSA) is 27.1 Å². The fraction of sp³-hybridized carbons (Fsp3) is 0.308. The third-order valence-corrected chi connectivity index (χ3v) is 2.50. The molecular weight excluding hydrogens is 238 g/mol. The lowest BCUT2D eigenvalue weighted by Gasteiger charge is -2.05. The van der Waals surface area contributed by atoms with Gasteiger partial charge in [0.15, 0.2) is 17.4 Å². The number of hydrogen-bond acceptors (Lipinski definition) is 2. The molecule has 0 atom stereocenters. The number of halogens is 2. The third kappa shape index (κ3) is 2.85. The lowest BCUT2D eigenvalue weighted by Crippen LogP contribution is -2.00. The molecule has 96 valence electrons. The molecule has 0 unspecified atom stereocenters. The maximum Gasteiger partial charge on any atom is 0.159 e. The van der Waals surface area contributed by atoms with Crippen molar-refractivity contribution in [3.63, 3.8) is 0 Å². The Balaban J connectivity index is 2.00. The molecule has 5 heteroatoms. The van der Waals surface area contributed by atoms with Gasteiger partial charge < -0.3 is 4.74 Å². The van der Waals surface area contributed by atoms with E-state index in [9.17, 15) is 8.78 Å². The molecule has 2 aromatic rings. The summed E-state index contributed by atoms with van der Waals surface area (Å²) in [4.78, 5) is 0. The van der Waals surface area contributed by atoms with Gasteiger partial charge in [0.25, 0.3) is 0 Å². The molecule has 0 aliphatic heterocycles. The highest BCUT2D eigenvalue weighted by Gasteiger charge is 2.05. The number of rotatable bonds is 4. The SMILES string of the molecule is CC(C)n1cc(OCc2ccc(F)c(F)c2)cn1. The van der Waals surface area contributed by atoms with Crippen LogP contribution in [0.2, 0.25) is 0 Å². The Bertz CT molecular complexity index is 538. The zero-order valence-electron chi connectivity index (χ0n) is 10.2. The van der Waals surface area contributed by atoms with Gasteiger partial charge in [-0.05, 0) is 31.5 Å². The molecule has 1 aromatic carbocycles. The number of ether oxygens (including phenoxy) is 1. The van der Waals surface area contributed by atoms with Crippen LogP contribution in [0.25, 0.3) is 0 Å². The highest BCUT2D eigenvalue weighted by atomic mass is 19.2. The fourth-order valence-electron chi connectivity index (χ4n) is 1.47. The Morgan fingerprint density at radius 2 is 2.06 bits per heavy atom. The van der Waals surface area contributed by atoms with E-state index >= 15 is 0 Å². The zero-order chi connectivity index (χ0) is 13.1. The van der Waals surface area contributed by atoms with Gasteiger partial charge in [0, 0.05) is 6.04 Å². The van der Waals surface area contributed by atoms with Crippen LogP contribution in [-0.4, -0.2) is 9.78 Å². The van der Waals surface area contributed by atoms with Crippen LogP contribution in [0.15, 0.2) is 30.6 Å². The summed E-state index contributed by atoms with van der Waals surface area (Å²) in [5.74, 6) is -1.12. The molecule has 0 amide bonds. The molecule has 0 bridgehead atoms. The van der Waals surface area contributed by atoms with Crippen LogP contribution in [0.1, 0.15) is 25.5 Å². The first-order chi connectivity index (χ1) is 8.56. The van der Waals surface area contributed by atoms with E-state index in [1.54, 1.807) is 17.1 Å². The summed E-state index contributed by atoms with van der Waals surface area (Å²) < 4.78 is 32.9. The van der Waals surface area contributed by atoms with Crippen LogP contribution >= 0.6 is 0 Å². The maximum absolute atomic E-state index is 13.0. The minimum atomic E-state index is -0.867. The average Bonchev–Trinajstić information content (AvgIpc) is 2.79. The molecule has 0 radical (unpaired) electrons. The highest BCUT2D eigenvalue weighted by Crippen LogP contribution is 2.15. The number of nitrogens with zero attached hydrogens (tertiary/aromatic N) is 2. The van der Waals surface area contributed by atoms with Crippen LogP contribution in [0.3, 0.4) is 0 Å². The standard InChI is InChI=1S/C13H14F2N2O/c1-9(2)17-7-11(6-16-17)18-8-10-3-4-12(14)13(15)5-10/h3-7,9H,8H2,1-2H3. The molecule has 0 spiro atoms. The van der Waals surface area contributed by atoms with Crippen molar-refractivity contribution in [2.75, 3.05) is 0 Å². The lowest BCUT2D eigenvalue weighted by atomic mass is 10.2. The first-order valence-electron chi connectivity index (χ1n) is 5.67. The van der Waals surface area contributed by atoms with Gasteiger partial charge in [-0.3, -0.25) is 4.68 Å². The number of hydrogen-bond donors (Lipinski definition) is 0. The minimum Gasteiger partial charge on any atom is -0.486 e. The van der Waals surface area contributed by atoms with Crippen LogP contribution < -0.4 is 4.74 Å². The summed E-state index contributed by atoms with van der Waals surface area (Å²) in [6, 6.07) is 3.96. The zero-order valence-corrected chi connectivity index (χ0v) is 10.2. The second-order valence-electron chi connectivity index (χ2n) is 4.29. The fourth-order valence-corrected chi connectivity index (χ4v) is 1.47. The van der Waals surface area contributed by atoms with Crippen LogP contribution in [0.5, 0.6) is 5.75 Å². The van der Waals surface area contributed by atoms with Crippen molar-refractivity contribution in [2.45, 2.75) is 26.5 Å². The first-order valence-corrected chi connectivity index (χ1v) is 5.67. The Kier molecular flexibility index (Phi) is 3.60. The summed E-state index contributed by atoms with van der Waals surface area (Å²) in [5, 5.41) is 4.12. The van der Waals surface area contributed by atoms with Crippen molar-refractivity contribution < 1.29 is 13.5 Å². The highest BCUT2D eigenvalue weighted by molar-refractivity contribution is 5.19. The van der Waals surface area contributed by atoms with E-state index in [4.69, 9.17) is 4.74 Å². The lowest BCUT2D eigenvalue weighted by molar-refractivity contribution is 0.304. The van der Waals surface area contributed by atoms with Crippen LogP contribution in [-0.2, 0) is 6.61 Å². The van der Waals surface area contributed by atoms with Crippen molar-refractivity contribution in [2.24, 2.45) is 0 Å². The summed E-state index contributed by atoms with van der Waals surface area (Å²) in [7, 11) is 0. The molecule has 0 fully saturated rings. The van der Waals surface area contributed by atoms with E-state index < -0.39 is 11.6 Å². The van der Waals surface area contributed by atoms with Gasteiger partial charge in [0.1, 0.15) is 6.61 Å². The van der Waals surface area contributed by atoms with Gasteiger partial charge in [0.2, 0.25) is 0 Å². The van der Waals surface area contributed by atoms with E-state index in [-0.39, 0.29) is 12.6 Å². The molecule has 0 aliphatic carbocycles. The molecule has 0 saturated heterocycles. The van der Waals surface area contributed by atoms with Crippen LogP contribution in [0, 0.1) is 11.6 Å². The van der Waals surface area contributed by atoms with Crippen molar-refractivity contribution >= 4 is 0 Å². The molecule has 1 heterocycles. The quantitative estimate of drug-likeness (QED) is 0.834. The normalized spacial score (nSPS) is 10.9. The largest absolute Gasteiger partial charge is 0.486 e. The summed E-state index contributed by atoms with van der Waals surface area (Å²) in [6.07, 6.45) is 3.37. The minimum absolute atomic E-state index is 0.182. The number of aromatic nitrogens is 2. The maximum atomic E-state index is 13.0. The van der Waals surface area contributed by atoms with Gasteiger partial charge in [0.05, 0.1) is 12.4 Å². The Morgan fingerprint density at radius 1 is 1.28 bits per heavy atom. The van der Waals surface area contributed by atoms with Gasteiger partial charge >= 0.3 is 0 Å². The Morgan fingerprint density at radius 3 is 2.67 bits per heavy atom. The second kappa shape index (κ2) is 5.16. The van der Waals surface area contributed by atoms with Crippen LogP contribution in [0.4, 0.5) is 8.78 Å². The molecule has 0 saturated carbocycles. The Hall–Kier alpha value is -1.91. The van der Waals surface area contributed by atoms with Gasteiger partial charge in [-0.15, -0.1) is 0 Å². The molecule has 3 nitrogen and oxygen atoms in total. The van der Waals surface area contributed by atoms with Gasteiger partial charge in [-0.2, -0.15) is 5.10 Å². The summed E-state index contributed by atoms with van der Waals surface area (Å²) in [6.45, 7) is 4.19. The molecule has 1 aromatic heterocycles. The van der Waals surface area contributed by atoms with E-state index in [1.165, 1.54) is 6.07 Å². The predicted octanol–water partition coefficient (Wildman–Crippen LogP) is 3.32. The monoisotopic (exact) mass is 252 g/mol. The molecule has 2 rings (SSSR count). The molecule has 0 aliphatic rings. The van der Waals surface area contributed by atoms with Crippen molar-refractivity contribution in [1.29, 1.82) is 0 Å². The molecular formula is C13H14F2N2O. The van der Waals surface area contributed by atoms with Crippen molar-refractivity contribution in [1.82, 2.24) is 9.78 Å². The van der Waals surface area contributed by atoms with Gasteiger partial charge in [-0.25, -0.2) is 8.78 Å². The van der Waals surface area contributed by atoms with Crippen molar-refractivity contribution in [3.05, 3.63) is 47.8 Å². The van der Waals surface area contributed by atoms with E-state index in [1.807, 2.05) is 13.8 Å². The molecule has 0 N–H and O–H groups in total.